The van der Waals surface area contributed by atoms with Gasteiger partial charge in [0, 0.05) is 18.3 Å². The molecule has 134 valence electrons. The van der Waals surface area contributed by atoms with Gasteiger partial charge < -0.3 is 15.4 Å². The SMILES string of the molecule is CC(C)(C)OC(=O)NCCSCC(=O)NC1CCCCCCC1. The second-order valence-electron chi connectivity index (χ2n) is 7.09. The Labute approximate surface area is 144 Å². The Morgan fingerprint density at radius 3 is 2.30 bits per heavy atom. The summed E-state index contributed by atoms with van der Waals surface area (Å²) in [6, 6.07) is 0.350. The fourth-order valence-corrected chi connectivity index (χ4v) is 3.23. The van der Waals surface area contributed by atoms with E-state index in [0.717, 1.165) is 12.8 Å². The van der Waals surface area contributed by atoms with Crippen LogP contribution >= 0.6 is 11.8 Å². The third kappa shape index (κ3) is 11.3. The van der Waals surface area contributed by atoms with Crippen LogP contribution in [0.3, 0.4) is 0 Å². The summed E-state index contributed by atoms with van der Waals surface area (Å²) in [5.74, 6) is 1.27. The van der Waals surface area contributed by atoms with Crippen LogP contribution in [0.25, 0.3) is 0 Å². The Morgan fingerprint density at radius 1 is 1.09 bits per heavy atom. The Morgan fingerprint density at radius 2 is 1.70 bits per heavy atom. The molecular formula is C17H32N2O3S. The van der Waals surface area contributed by atoms with Crippen molar-refractivity contribution in [2.24, 2.45) is 0 Å². The highest BCUT2D eigenvalue weighted by Crippen LogP contribution is 2.17. The maximum Gasteiger partial charge on any atom is 0.407 e. The molecule has 23 heavy (non-hydrogen) atoms. The van der Waals surface area contributed by atoms with Gasteiger partial charge in [-0.3, -0.25) is 4.79 Å². The first kappa shape index (κ1) is 20.1. The first-order chi connectivity index (χ1) is 10.9. The van der Waals surface area contributed by atoms with Crippen molar-refractivity contribution in [2.45, 2.75) is 77.4 Å². The van der Waals surface area contributed by atoms with Crippen LogP contribution in [0.4, 0.5) is 4.79 Å². The van der Waals surface area contributed by atoms with Gasteiger partial charge in [0.15, 0.2) is 0 Å². The van der Waals surface area contributed by atoms with Crippen LogP contribution in [0.15, 0.2) is 0 Å². The molecule has 0 spiro atoms. The van der Waals surface area contributed by atoms with Crippen LogP contribution in [0.5, 0.6) is 0 Å². The Balaban J connectivity index is 2.06. The van der Waals surface area contributed by atoms with Gasteiger partial charge in [0.25, 0.3) is 0 Å². The molecule has 0 aromatic heterocycles. The highest BCUT2D eigenvalue weighted by Gasteiger charge is 2.16. The molecule has 1 aliphatic rings. The monoisotopic (exact) mass is 344 g/mol. The van der Waals surface area contributed by atoms with Gasteiger partial charge in [-0.05, 0) is 33.6 Å². The summed E-state index contributed by atoms with van der Waals surface area (Å²) in [5, 5.41) is 5.84. The Kier molecular flexibility index (Phi) is 9.44. The van der Waals surface area contributed by atoms with Crippen molar-refractivity contribution in [3.05, 3.63) is 0 Å². The molecule has 0 unspecified atom stereocenters. The lowest BCUT2D eigenvalue weighted by atomic mass is 9.97. The number of amides is 2. The van der Waals surface area contributed by atoms with E-state index >= 15 is 0 Å². The van der Waals surface area contributed by atoms with Gasteiger partial charge in [-0.25, -0.2) is 4.79 Å². The molecule has 1 aliphatic carbocycles. The largest absolute Gasteiger partial charge is 0.444 e. The Bertz CT molecular complexity index is 361. The summed E-state index contributed by atoms with van der Waals surface area (Å²) >= 11 is 1.54. The van der Waals surface area contributed by atoms with E-state index in [0.29, 0.717) is 24.1 Å². The highest BCUT2D eigenvalue weighted by molar-refractivity contribution is 7.99. The van der Waals surface area contributed by atoms with Crippen molar-refractivity contribution < 1.29 is 14.3 Å². The first-order valence-corrected chi connectivity index (χ1v) is 9.86. The fourth-order valence-electron chi connectivity index (χ4n) is 2.57. The first-order valence-electron chi connectivity index (χ1n) is 8.71. The van der Waals surface area contributed by atoms with E-state index < -0.39 is 11.7 Å². The van der Waals surface area contributed by atoms with E-state index in [1.807, 2.05) is 20.8 Å². The van der Waals surface area contributed by atoms with E-state index in [9.17, 15) is 9.59 Å². The lowest BCUT2D eigenvalue weighted by molar-refractivity contribution is -0.119. The van der Waals surface area contributed by atoms with Gasteiger partial charge in [0.2, 0.25) is 5.91 Å². The second kappa shape index (κ2) is 10.8. The number of nitrogens with one attached hydrogen (secondary N) is 2. The van der Waals surface area contributed by atoms with E-state index in [1.165, 1.54) is 43.9 Å². The molecule has 0 aromatic rings. The molecule has 0 aromatic carbocycles. The summed E-state index contributed by atoms with van der Waals surface area (Å²) in [7, 11) is 0. The van der Waals surface area contributed by atoms with Gasteiger partial charge in [-0.1, -0.05) is 32.1 Å². The normalized spacial score (nSPS) is 17.0. The molecule has 5 nitrogen and oxygen atoms in total. The van der Waals surface area contributed by atoms with Gasteiger partial charge >= 0.3 is 6.09 Å². The number of rotatable bonds is 6. The average molecular weight is 345 g/mol. The van der Waals surface area contributed by atoms with E-state index in [2.05, 4.69) is 10.6 Å². The number of alkyl carbamates (subject to hydrolysis) is 1. The maximum absolute atomic E-state index is 12.0. The predicted octanol–water partition coefficient (Wildman–Crippen LogP) is 3.47. The van der Waals surface area contributed by atoms with E-state index in [1.54, 1.807) is 0 Å². The predicted molar refractivity (Wildman–Crippen MR) is 95.8 cm³/mol. The fraction of sp³-hybridized carbons (Fsp3) is 0.882. The molecule has 1 rings (SSSR count). The van der Waals surface area contributed by atoms with Crippen LogP contribution in [-0.4, -0.2) is 41.7 Å². The molecule has 0 radical (unpaired) electrons. The zero-order valence-corrected chi connectivity index (χ0v) is 15.6. The van der Waals surface area contributed by atoms with Crippen molar-refractivity contribution in [1.82, 2.24) is 10.6 Å². The molecule has 0 bridgehead atoms. The average Bonchev–Trinajstić information content (AvgIpc) is 2.39. The minimum absolute atomic E-state index is 0.109. The molecule has 2 N–H and O–H groups in total. The lowest BCUT2D eigenvalue weighted by Gasteiger charge is -2.21. The van der Waals surface area contributed by atoms with Crippen molar-refractivity contribution >= 4 is 23.8 Å². The van der Waals surface area contributed by atoms with Crippen LogP contribution in [0.2, 0.25) is 0 Å². The molecule has 2 amide bonds. The summed E-state index contributed by atoms with van der Waals surface area (Å²) < 4.78 is 5.15. The molecular weight excluding hydrogens is 312 g/mol. The van der Waals surface area contributed by atoms with E-state index in [-0.39, 0.29) is 5.91 Å². The van der Waals surface area contributed by atoms with Crippen molar-refractivity contribution in [2.75, 3.05) is 18.1 Å². The van der Waals surface area contributed by atoms with Gasteiger partial charge in [0.1, 0.15) is 5.60 Å². The standard InChI is InChI=1S/C17H32N2O3S/c1-17(2,3)22-16(21)18-11-12-23-13-15(20)19-14-9-7-5-4-6-8-10-14/h14H,4-13H2,1-3H3,(H,18,21)(H,19,20). The third-order valence-electron chi connectivity index (χ3n) is 3.62. The topological polar surface area (TPSA) is 67.4 Å². The zero-order valence-electron chi connectivity index (χ0n) is 14.8. The minimum atomic E-state index is -0.477. The number of ether oxygens (including phenoxy) is 1. The van der Waals surface area contributed by atoms with Gasteiger partial charge in [-0.15, -0.1) is 0 Å². The van der Waals surface area contributed by atoms with Gasteiger partial charge in [0.05, 0.1) is 5.75 Å². The van der Waals surface area contributed by atoms with Crippen LogP contribution < -0.4 is 10.6 Å². The van der Waals surface area contributed by atoms with Crippen LogP contribution in [0.1, 0.15) is 65.7 Å². The molecule has 1 saturated carbocycles. The smallest absolute Gasteiger partial charge is 0.407 e. The Hall–Kier alpha value is -0.910. The van der Waals surface area contributed by atoms with E-state index in [4.69, 9.17) is 4.74 Å². The number of hydrogen-bond donors (Lipinski definition) is 2. The maximum atomic E-state index is 12.0. The van der Waals surface area contributed by atoms with Crippen molar-refractivity contribution in [1.29, 1.82) is 0 Å². The summed E-state index contributed by atoms with van der Waals surface area (Å²) in [4.78, 5) is 23.4. The summed E-state index contributed by atoms with van der Waals surface area (Å²) in [6.45, 7) is 6.01. The number of carbonyl (C=O) groups excluding carboxylic acids is 2. The molecule has 0 aliphatic heterocycles. The molecule has 0 saturated heterocycles. The molecule has 0 atom stereocenters. The number of carbonyl (C=O) groups is 2. The number of thioether (sulfide) groups is 1. The van der Waals surface area contributed by atoms with Gasteiger partial charge in [-0.2, -0.15) is 11.8 Å². The number of hydrogen-bond acceptors (Lipinski definition) is 4. The molecule has 0 heterocycles. The van der Waals surface area contributed by atoms with Crippen LogP contribution in [-0.2, 0) is 9.53 Å². The highest BCUT2D eigenvalue weighted by atomic mass is 32.2. The summed E-state index contributed by atoms with van der Waals surface area (Å²) in [6.07, 6.45) is 8.16. The zero-order chi connectivity index (χ0) is 17.1. The summed E-state index contributed by atoms with van der Waals surface area (Å²) in [5.41, 5.74) is -0.477. The second-order valence-corrected chi connectivity index (χ2v) is 8.20. The lowest BCUT2D eigenvalue weighted by Crippen LogP contribution is -2.37. The molecule has 6 heteroatoms. The van der Waals surface area contributed by atoms with Crippen molar-refractivity contribution in [3.8, 4) is 0 Å². The third-order valence-corrected chi connectivity index (χ3v) is 4.58. The quantitative estimate of drug-likeness (QED) is 0.724. The van der Waals surface area contributed by atoms with Crippen molar-refractivity contribution in [3.63, 3.8) is 0 Å². The van der Waals surface area contributed by atoms with Crippen LogP contribution in [0, 0.1) is 0 Å². The molecule has 1 fully saturated rings. The minimum Gasteiger partial charge on any atom is -0.444 e.